The van der Waals surface area contributed by atoms with E-state index in [2.05, 4.69) is 5.32 Å². The van der Waals surface area contributed by atoms with Crippen molar-refractivity contribution >= 4 is 23.8 Å². The fraction of sp³-hybridized carbons (Fsp3) is 0.524. The second-order valence-corrected chi connectivity index (χ2v) is 7.40. The van der Waals surface area contributed by atoms with Crippen LogP contribution in [0.5, 0.6) is 0 Å². The third kappa shape index (κ3) is 4.11. The van der Waals surface area contributed by atoms with E-state index in [1.807, 2.05) is 13.8 Å². The molecule has 1 aliphatic carbocycles. The van der Waals surface area contributed by atoms with E-state index in [1.54, 1.807) is 35.2 Å². The lowest BCUT2D eigenvalue weighted by molar-refractivity contribution is -0.162. The van der Waals surface area contributed by atoms with Crippen molar-refractivity contribution in [2.75, 3.05) is 19.6 Å². The Morgan fingerprint density at radius 2 is 1.76 bits per heavy atom. The van der Waals surface area contributed by atoms with E-state index in [0.29, 0.717) is 31.5 Å². The maximum atomic E-state index is 12.9. The molecule has 156 valence electrons. The maximum Gasteiger partial charge on any atom is 0.327 e. The van der Waals surface area contributed by atoms with Crippen LogP contribution in [0.2, 0.25) is 0 Å². The predicted octanol–water partition coefficient (Wildman–Crippen LogP) is 2.00. The van der Waals surface area contributed by atoms with Crippen LogP contribution in [0, 0.1) is 0 Å². The summed E-state index contributed by atoms with van der Waals surface area (Å²) in [5.41, 5.74) is -0.338. The number of esters is 1. The fourth-order valence-corrected chi connectivity index (χ4v) is 4.03. The smallest absolute Gasteiger partial charge is 0.327 e. The third-order valence-electron chi connectivity index (χ3n) is 5.64. The number of ether oxygens (including phenoxy) is 1. The average molecular weight is 401 g/mol. The first-order valence-electron chi connectivity index (χ1n) is 10.1. The van der Waals surface area contributed by atoms with Gasteiger partial charge in [-0.1, -0.05) is 43.2 Å². The van der Waals surface area contributed by atoms with Crippen LogP contribution >= 0.6 is 0 Å². The molecule has 8 nitrogen and oxygen atoms in total. The van der Waals surface area contributed by atoms with Gasteiger partial charge in [-0.2, -0.15) is 0 Å². The van der Waals surface area contributed by atoms with Gasteiger partial charge < -0.3 is 15.0 Å². The molecule has 1 N–H and O–H groups in total. The third-order valence-corrected chi connectivity index (χ3v) is 5.64. The largest absolute Gasteiger partial charge is 0.446 e. The van der Waals surface area contributed by atoms with Crippen molar-refractivity contribution in [3.63, 3.8) is 0 Å². The Kier molecular flexibility index (Phi) is 6.20. The van der Waals surface area contributed by atoms with Gasteiger partial charge in [-0.3, -0.25) is 19.3 Å². The fourth-order valence-electron chi connectivity index (χ4n) is 4.03. The summed E-state index contributed by atoms with van der Waals surface area (Å²) in [4.78, 5) is 53.0. The van der Waals surface area contributed by atoms with E-state index in [0.717, 1.165) is 17.7 Å². The molecule has 1 aliphatic heterocycles. The molecular formula is C21H27N3O5. The quantitative estimate of drug-likeness (QED) is 0.557. The lowest BCUT2D eigenvalue weighted by atomic mass is 9.98. The number of urea groups is 1. The molecule has 1 saturated carbocycles. The summed E-state index contributed by atoms with van der Waals surface area (Å²) in [7, 11) is 0. The number of nitrogens with one attached hydrogen (secondary N) is 1. The number of likely N-dealkylation sites (N-methyl/N-ethyl adjacent to an activating group) is 1. The molecule has 4 amide bonds. The minimum atomic E-state index is -1.12. The van der Waals surface area contributed by atoms with Gasteiger partial charge in [0.25, 0.3) is 11.8 Å². The summed E-state index contributed by atoms with van der Waals surface area (Å²) in [6.45, 7) is 4.14. The average Bonchev–Trinajstić information content (AvgIpc) is 3.28. The van der Waals surface area contributed by atoms with E-state index in [-0.39, 0.29) is 11.8 Å². The zero-order valence-corrected chi connectivity index (χ0v) is 16.8. The van der Waals surface area contributed by atoms with Gasteiger partial charge in [-0.05, 0) is 26.7 Å². The summed E-state index contributed by atoms with van der Waals surface area (Å²) in [5, 5.41) is 2.73. The molecule has 1 aromatic rings. The van der Waals surface area contributed by atoms with Crippen molar-refractivity contribution in [3.05, 3.63) is 35.9 Å². The monoisotopic (exact) mass is 401 g/mol. The van der Waals surface area contributed by atoms with Crippen LogP contribution in [0.4, 0.5) is 4.79 Å². The minimum absolute atomic E-state index is 0.334. The predicted molar refractivity (Wildman–Crippen MR) is 105 cm³/mol. The minimum Gasteiger partial charge on any atom is -0.446 e. The van der Waals surface area contributed by atoms with Crippen LogP contribution in [0.3, 0.4) is 0 Å². The molecule has 1 spiro atoms. The van der Waals surface area contributed by atoms with E-state index < -0.39 is 30.2 Å². The van der Waals surface area contributed by atoms with E-state index in [1.165, 1.54) is 0 Å². The van der Waals surface area contributed by atoms with Crippen molar-refractivity contribution in [1.29, 1.82) is 0 Å². The first kappa shape index (κ1) is 20.8. The molecule has 1 saturated heterocycles. The molecule has 0 aromatic heterocycles. The van der Waals surface area contributed by atoms with Crippen LogP contribution in [-0.2, 0) is 19.1 Å². The number of imide groups is 1. The number of hydrogen-bond donors (Lipinski definition) is 1. The van der Waals surface area contributed by atoms with Crippen molar-refractivity contribution in [3.8, 4) is 0 Å². The Hall–Kier alpha value is -2.90. The molecule has 3 rings (SSSR count). The van der Waals surface area contributed by atoms with Gasteiger partial charge in [-0.25, -0.2) is 4.79 Å². The molecule has 0 bridgehead atoms. The Balaban J connectivity index is 1.74. The van der Waals surface area contributed by atoms with E-state index >= 15 is 0 Å². The highest BCUT2D eigenvalue weighted by Gasteiger charge is 2.53. The highest BCUT2D eigenvalue weighted by molar-refractivity contribution is 6.08. The van der Waals surface area contributed by atoms with Gasteiger partial charge in [0.1, 0.15) is 12.1 Å². The number of carbonyl (C=O) groups excluding carboxylic acids is 4. The number of carbonyl (C=O) groups is 4. The molecule has 29 heavy (non-hydrogen) atoms. The number of rotatable bonds is 7. The second kappa shape index (κ2) is 8.63. The summed E-state index contributed by atoms with van der Waals surface area (Å²) < 4.78 is 5.49. The van der Waals surface area contributed by atoms with Gasteiger partial charge in [0.2, 0.25) is 6.10 Å². The molecule has 2 aliphatic rings. The molecule has 1 heterocycles. The van der Waals surface area contributed by atoms with Crippen LogP contribution in [0.25, 0.3) is 0 Å². The molecule has 1 aromatic carbocycles. The number of nitrogens with zero attached hydrogens (tertiary/aromatic N) is 2. The highest BCUT2D eigenvalue weighted by atomic mass is 16.5. The lowest BCUT2D eigenvalue weighted by Gasteiger charge is -2.26. The second-order valence-electron chi connectivity index (χ2n) is 7.40. The van der Waals surface area contributed by atoms with Crippen LogP contribution in [-0.4, -0.2) is 58.8 Å². The zero-order chi connectivity index (χ0) is 21.0. The Bertz CT molecular complexity index is 785. The Morgan fingerprint density at radius 3 is 2.34 bits per heavy atom. The Labute approximate surface area is 170 Å². The van der Waals surface area contributed by atoms with Crippen LogP contribution in [0.1, 0.15) is 51.2 Å². The lowest BCUT2D eigenvalue weighted by Crippen LogP contribution is -2.44. The Morgan fingerprint density at radius 1 is 1.14 bits per heavy atom. The van der Waals surface area contributed by atoms with Gasteiger partial charge in [0.05, 0.1) is 0 Å². The number of amides is 4. The van der Waals surface area contributed by atoms with Crippen LogP contribution < -0.4 is 5.32 Å². The van der Waals surface area contributed by atoms with Gasteiger partial charge >= 0.3 is 12.0 Å². The summed E-state index contributed by atoms with van der Waals surface area (Å²) in [6, 6.07) is 8.15. The first-order valence-corrected chi connectivity index (χ1v) is 10.1. The normalized spacial score (nSPS) is 18.6. The molecule has 1 atom stereocenters. The van der Waals surface area contributed by atoms with Gasteiger partial charge in [-0.15, -0.1) is 0 Å². The SMILES string of the molecule is CCN(CC)C(=O)[C@H](OC(=O)CN1C(=O)NC2(CCCC2)C1=O)c1ccccc1. The van der Waals surface area contributed by atoms with E-state index in [9.17, 15) is 19.2 Å². The van der Waals surface area contributed by atoms with Crippen molar-refractivity contribution in [2.24, 2.45) is 0 Å². The standard InChI is InChI=1S/C21H27N3O5/c1-3-23(4-2)18(26)17(15-10-6-5-7-11-15)29-16(25)14-24-19(27)21(22-20(24)28)12-8-9-13-21/h5-7,10-11,17H,3-4,8-9,12-14H2,1-2H3,(H,22,28)/t17-/m1/s1. The van der Waals surface area contributed by atoms with Crippen molar-refractivity contribution < 1.29 is 23.9 Å². The van der Waals surface area contributed by atoms with Crippen molar-refractivity contribution in [2.45, 2.75) is 51.2 Å². The van der Waals surface area contributed by atoms with Gasteiger partial charge in [0, 0.05) is 18.7 Å². The summed E-state index contributed by atoms with van der Waals surface area (Å²) >= 11 is 0. The van der Waals surface area contributed by atoms with Crippen LogP contribution in [0.15, 0.2) is 30.3 Å². The number of hydrogen-bond acceptors (Lipinski definition) is 5. The maximum absolute atomic E-state index is 12.9. The summed E-state index contributed by atoms with van der Waals surface area (Å²) in [6.07, 6.45) is 1.76. The molecule has 0 unspecified atom stereocenters. The summed E-state index contributed by atoms with van der Waals surface area (Å²) in [5.74, 6) is -1.51. The molecule has 0 radical (unpaired) electrons. The topological polar surface area (TPSA) is 96.0 Å². The van der Waals surface area contributed by atoms with Gasteiger partial charge in [0.15, 0.2) is 0 Å². The van der Waals surface area contributed by atoms with E-state index in [4.69, 9.17) is 4.74 Å². The first-order chi connectivity index (χ1) is 13.9. The number of benzene rings is 1. The highest BCUT2D eigenvalue weighted by Crippen LogP contribution is 2.35. The zero-order valence-electron chi connectivity index (χ0n) is 16.8. The molecule has 2 fully saturated rings. The molecular weight excluding hydrogens is 374 g/mol. The van der Waals surface area contributed by atoms with Crippen molar-refractivity contribution in [1.82, 2.24) is 15.1 Å². The molecule has 8 heteroatoms.